The van der Waals surface area contributed by atoms with Gasteiger partial charge in [-0.2, -0.15) is 0 Å². The van der Waals surface area contributed by atoms with Gasteiger partial charge in [-0.15, -0.1) is 22.7 Å². The number of hydrogen-bond acceptors (Lipinski definition) is 4. The van der Waals surface area contributed by atoms with Crippen LogP contribution in [0.2, 0.25) is 0 Å². The van der Waals surface area contributed by atoms with Crippen LogP contribution in [0.3, 0.4) is 0 Å². The highest BCUT2D eigenvalue weighted by Crippen LogP contribution is 2.49. The Morgan fingerprint density at radius 3 is 1.36 bits per heavy atom. The molecule has 218 valence electrons. The van der Waals surface area contributed by atoms with Gasteiger partial charge in [-0.3, -0.25) is 0 Å². The summed E-state index contributed by atoms with van der Waals surface area (Å²) in [7, 11) is 0. The summed E-state index contributed by atoms with van der Waals surface area (Å²) in [6.45, 7) is 0.199. The lowest BCUT2D eigenvalue weighted by atomic mass is 9.36. The molecule has 2 aliphatic rings. The first-order valence-corrected chi connectivity index (χ1v) is 19.1. The Balaban J connectivity index is 1.24. The summed E-state index contributed by atoms with van der Waals surface area (Å²) in [4.78, 5) is 5.52. The van der Waals surface area contributed by atoms with Gasteiger partial charge in [-0.25, -0.2) is 0 Å². The quantitative estimate of drug-likeness (QED) is 0.168. The van der Waals surface area contributed by atoms with E-state index in [-0.39, 0.29) is 6.71 Å². The van der Waals surface area contributed by atoms with Crippen molar-refractivity contribution in [3.05, 3.63) is 140 Å². The van der Waals surface area contributed by atoms with E-state index in [1.807, 2.05) is 46.2 Å². The molecule has 2 aromatic heterocycles. The maximum absolute atomic E-state index is 2.51. The highest BCUT2D eigenvalue weighted by Gasteiger charge is 2.40. The zero-order chi connectivity index (χ0) is 30.6. The van der Waals surface area contributed by atoms with Gasteiger partial charge in [0.1, 0.15) is 0 Å². The lowest BCUT2D eigenvalue weighted by molar-refractivity contribution is 1.33. The molecular formula is C42H23BS4. The molecule has 0 saturated carbocycles. The van der Waals surface area contributed by atoms with Gasteiger partial charge in [0.15, 0.2) is 0 Å². The molecule has 11 rings (SSSR count). The minimum absolute atomic E-state index is 0.199. The molecule has 0 unspecified atom stereocenters. The molecule has 0 N–H and O–H groups in total. The molecule has 0 atom stereocenters. The van der Waals surface area contributed by atoms with Crippen molar-refractivity contribution < 1.29 is 0 Å². The lowest BCUT2D eigenvalue weighted by Gasteiger charge is -2.35. The second kappa shape index (κ2) is 10.1. The Bertz CT molecular complexity index is 2580. The van der Waals surface area contributed by atoms with Crippen LogP contribution in [0.1, 0.15) is 0 Å². The summed E-state index contributed by atoms with van der Waals surface area (Å²) in [5.41, 5.74) is 9.54. The van der Waals surface area contributed by atoms with E-state index in [1.165, 1.54) is 98.6 Å². The van der Waals surface area contributed by atoms with Crippen LogP contribution < -0.4 is 16.4 Å². The molecule has 0 aliphatic carbocycles. The molecule has 2 aliphatic heterocycles. The summed E-state index contributed by atoms with van der Waals surface area (Å²) in [5.74, 6) is 0. The Kier molecular flexibility index (Phi) is 5.77. The SMILES string of the molecule is c1ccc2c(c1)Sc1c(-c3ccc4sc5ccccc5c4c3)cc(-c3ccc4sc5ccccc5c4c3)c3c1B2c1ccccc1S3. The smallest absolute Gasteiger partial charge is 0.135 e. The number of thiophene rings is 2. The molecule has 7 aromatic carbocycles. The van der Waals surface area contributed by atoms with Crippen LogP contribution >= 0.6 is 46.2 Å². The number of rotatable bonds is 2. The van der Waals surface area contributed by atoms with E-state index in [4.69, 9.17) is 0 Å². The molecule has 0 nitrogen and oxygen atoms in total. The zero-order valence-electron chi connectivity index (χ0n) is 25.0. The minimum atomic E-state index is 0.199. The second-order valence-corrected chi connectivity index (χ2v) is 16.6. The molecule has 47 heavy (non-hydrogen) atoms. The van der Waals surface area contributed by atoms with Gasteiger partial charge < -0.3 is 0 Å². The normalized spacial score (nSPS) is 13.3. The van der Waals surface area contributed by atoms with E-state index in [1.54, 1.807) is 0 Å². The van der Waals surface area contributed by atoms with Crippen molar-refractivity contribution in [2.24, 2.45) is 0 Å². The zero-order valence-corrected chi connectivity index (χ0v) is 28.3. The van der Waals surface area contributed by atoms with Gasteiger partial charge in [-0.1, -0.05) is 119 Å². The molecule has 0 bridgehead atoms. The maximum Gasteiger partial charge on any atom is 0.247 e. The summed E-state index contributed by atoms with van der Waals surface area (Å²) in [6, 6.07) is 52.6. The van der Waals surface area contributed by atoms with Gasteiger partial charge in [0, 0.05) is 59.9 Å². The van der Waals surface area contributed by atoms with Crippen LogP contribution in [-0.2, 0) is 0 Å². The third-order valence-electron chi connectivity index (χ3n) is 9.82. The monoisotopic (exact) mass is 666 g/mol. The molecule has 0 saturated heterocycles. The van der Waals surface area contributed by atoms with E-state index in [0.717, 1.165) is 0 Å². The summed E-state index contributed by atoms with van der Waals surface area (Å²) in [5, 5.41) is 5.38. The Labute approximate surface area is 289 Å². The van der Waals surface area contributed by atoms with Crippen molar-refractivity contribution in [2.45, 2.75) is 19.6 Å². The van der Waals surface area contributed by atoms with E-state index in [9.17, 15) is 0 Å². The van der Waals surface area contributed by atoms with Gasteiger partial charge >= 0.3 is 0 Å². The first kappa shape index (κ1) is 26.8. The van der Waals surface area contributed by atoms with Gasteiger partial charge in [0.2, 0.25) is 6.71 Å². The van der Waals surface area contributed by atoms with Crippen molar-refractivity contribution in [3.8, 4) is 22.3 Å². The molecule has 0 spiro atoms. The van der Waals surface area contributed by atoms with Crippen LogP contribution in [0, 0.1) is 0 Å². The van der Waals surface area contributed by atoms with Gasteiger partial charge in [0.05, 0.1) is 0 Å². The average Bonchev–Trinajstić information content (AvgIpc) is 3.69. The van der Waals surface area contributed by atoms with Crippen molar-refractivity contribution >= 4 is 110 Å². The fraction of sp³-hybridized carbons (Fsp3) is 0. The molecule has 5 heteroatoms. The van der Waals surface area contributed by atoms with Crippen LogP contribution in [0.15, 0.2) is 159 Å². The molecule has 4 heterocycles. The maximum atomic E-state index is 2.51. The fourth-order valence-electron chi connectivity index (χ4n) is 7.69. The highest BCUT2D eigenvalue weighted by molar-refractivity contribution is 8.01. The Morgan fingerprint density at radius 2 is 0.830 bits per heavy atom. The van der Waals surface area contributed by atoms with Gasteiger partial charge in [-0.05, 0) is 82.3 Å². The van der Waals surface area contributed by atoms with E-state index in [0.29, 0.717) is 0 Å². The number of fused-ring (bicyclic) bond motifs is 10. The van der Waals surface area contributed by atoms with E-state index >= 15 is 0 Å². The number of hydrogen-bond donors (Lipinski definition) is 0. The molecule has 0 radical (unpaired) electrons. The Hall–Kier alpha value is -4.26. The second-order valence-electron chi connectivity index (χ2n) is 12.4. The summed E-state index contributed by atoms with van der Waals surface area (Å²) in [6.07, 6.45) is 0. The molecule has 9 aromatic rings. The van der Waals surface area contributed by atoms with Crippen LogP contribution in [0.4, 0.5) is 0 Å². The average molecular weight is 667 g/mol. The van der Waals surface area contributed by atoms with E-state index < -0.39 is 0 Å². The van der Waals surface area contributed by atoms with Crippen molar-refractivity contribution in [3.63, 3.8) is 0 Å². The third-order valence-corrected chi connectivity index (χ3v) is 14.6. The first-order valence-electron chi connectivity index (χ1n) is 15.9. The lowest BCUT2D eigenvalue weighted by Crippen LogP contribution is -2.58. The fourth-order valence-corrected chi connectivity index (χ4v) is 12.5. The van der Waals surface area contributed by atoms with Crippen molar-refractivity contribution in [2.75, 3.05) is 0 Å². The van der Waals surface area contributed by atoms with Gasteiger partial charge in [0.25, 0.3) is 0 Å². The van der Waals surface area contributed by atoms with Crippen molar-refractivity contribution in [1.29, 1.82) is 0 Å². The Morgan fingerprint density at radius 1 is 0.383 bits per heavy atom. The van der Waals surface area contributed by atoms with Crippen LogP contribution in [0.5, 0.6) is 0 Å². The molecule has 0 amide bonds. The molecular weight excluding hydrogens is 644 g/mol. The van der Waals surface area contributed by atoms with Crippen LogP contribution in [0.25, 0.3) is 62.6 Å². The minimum Gasteiger partial charge on any atom is -0.135 e. The summed E-state index contributed by atoms with van der Waals surface area (Å²) >= 11 is 7.69. The molecule has 0 fully saturated rings. The largest absolute Gasteiger partial charge is 0.247 e. The number of benzene rings is 7. The van der Waals surface area contributed by atoms with Crippen molar-refractivity contribution in [1.82, 2.24) is 0 Å². The predicted octanol–water partition coefficient (Wildman–Crippen LogP) is 11.2. The third kappa shape index (κ3) is 3.92. The standard InChI is InChI=1S/C42H23BS4/c1-5-13-34-26(9-1)30-21-24(17-19-36(30)44-34)28-23-29(25-18-20-37-31(22-25)27-10-2-6-14-35(27)45-37)42-40-41(28)46-38-15-7-3-11-32(38)43(40)33-12-4-8-16-39(33)47-42/h1-23H. The summed E-state index contributed by atoms with van der Waals surface area (Å²) < 4.78 is 5.38. The van der Waals surface area contributed by atoms with Crippen LogP contribution in [-0.4, -0.2) is 6.71 Å². The topological polar surface area (TPSA) is 0 Å². The first-order chi connectivity index (χ1) is 23.3. The van der Waals surface area contributed by atoms with E-state index in [2.05, 4.69) is 140 Å². The predicted molar refractivity (Wildman–Crippen MR) is 209 cm³/mol. The highest BCUT2D eigenvalue weighted by atomic mass is 32.2.